The Morgan fingerprint density at radius 2 is 1.93 bits per heavy atom. The first-order valence-corrected chi connectivity index (χ1v) is 10.5. The molecule has 1 aliphatic carbocycles. The third-order valence-corrected chi connectivity index (χ3v) is 6.12. The van der Waals surface area contributed by atoms with Crippen LogP contribution in [0.15, 0.2) is 53.5 Å². The van der Waals surface area contributed by atoms with Gasteiger partial charge in [0.1, 0.15) is 5.25 Å². The van der Waals surface area contributed by atoms with Crippen LogP contribution in [0.4, 0.5) is 11.4 Å². The van der Waals surface area contributed by atoms with Crippen LogP contribution in [0.3, 0.4) is 0 Å². The number of benzene rings is 2. The van der Waals surface area contributed by atoms with Crippen molar-refractivity contribution < 1.29 is 9.59 Å². The fourth-order valence-electron chi connectivity index (χ4n) is 3.07. The van der Waals surface area contributed by atoms with Crippen LogP contribution < -0.4 is 5.32 Å². The van der Waals surface area contributed by atoms with E-state index < -0.39 is 5.25 Å². The molecule has 1 aliphatic heterocycles. The smallest absolute Gasteiger partial charge is 0.242 e. The first kappa shape index (κ1) is 19.0. The molecule has 1 N–H and O–H groups in total. The highest BCUT2D eigenvalue weighted by Crippen LogP contribution is 2.39. The van der Waals surface area contributed by atoms with Crippen molar-refractivity contribution in [2.24, 2.45) is 4.99 Å². The van der Waals surface area contributed by atoms with Gasteiger partial charge in [0.05, 0.1) is 5.69 Å². The van der Waals surface area contributed by atoms with Crippen LogP contribution >= 0.6 is 23.4 Å². The number of nitrogens with zero attached hydrogens (tertiary/aromatic N) is 2. The summed E-state index contributed by atoms with van der Waals surface area (Å²) in [6.07, 6.45) is 2.09. The second-order valence-corrected chi connectivity index (χ2v) is 8.59. The topological polar surface area (TPSA) is 61.8 Å². The Kier molecular flexibility index (Phi) is 5.42. The Balaban J connectivity index is 1.49. The highest BCUT2D eigenvalue weighted by molar-refractivity contribution is 8.15. The number of para-hydroxylation sites is 1. The fourth-order valence-corrected chi connectivity index (χ4v) is 4.41. The largest absolute Gasteiger partial charge is 0.326 e. The average molecular weight is 414 g/mol. The number of anilines is 1. The minimum absolute atomic E-state index is 0.0276. The van der Waals surface area contributed by atoms with Gasteiger partial charge in [-0.3, -0.25) is 14.5 Å². The van der Waals surface area contributed by atoms with Gasteiger partial charge in [-0.15, -0.1) is 0 Å². The zero-order chi connectivity index (χ0) is 19.7. The lowest BCUT2D eigenvalue weighted by Crippen LogP contribution is -2.35. The van der Waals surface area contributed by atoms with Crippen molar-refractivity contribution in [3.05, 3.63) is 59.1 Å². The molecule has 0 unspecified atom stereocenters. The molecule has 7 heteroatoms. The molecule has 2 aromatic rings. The molecule has 2 amide bonds. The van der Waals surface area contributed by atoms with Gasteiger partial charge in [0.15, 0.2) is 5.17 Å². The zero-order valence-electron chi connectivity index (χ0n) is 15.4. The summed E-state index contributed by atoms with van der Waals surface area (Å²) in [5.41, 5.74) is 2.51. The number of halogens is 1. The monoisotopic (exact) mass is 413 g/mol. The van der Waals surface area contributed by atoms with Gasteiger partial charge < -0.3 is 5.32 Å². The first-order valence-electron chi connectivity index (χ1n) is 9.21. The van der Waals surface area contributed by atoms with Crippen molar-refractivity contribution in [2.75, 3.05) is 5.32 Å². The van der Waals surface area contributed by atoms with Crippen molar-refractivity contribution >= 4 is 51.7 Å². The molecule has 2 aliphatic rings. The van der Waals surface area contributed by atoms with Crippen molar-refractivity contribution in [1.82, 2.24) is 4.90 Å². The molecule has 0 radical (unpaired) electrons. The summed E-state index contributed by atoms with van der Waals surface area (Å²) < 4.78 is 0. The Morgan fingerprint density at radius 1 is 1.21 bits per heavy atom. The molecule has 2 aromatic carbocycles. The lowest BCUT2D eigenvalue weighted by molar-refractivity contribution is -0.128. The standard InChI is InChI=1S/C21H20ClN3O2S/c1-13-4-2-3-5-17(13)24-19(26)12-18-20(27)25(16-10-11-16)21(28-18)23-15-8-6-14(22)7-9-15/h2-9,16,18H,10-12H2,1H3,(H,24,26)/t18-/m0/s1. The summed E-state index contributed by atoms with van der Waals surface area (Å²) in [6, 6.07) is 15.0. The predicted octanol–water partition coefficient (Wildman–Crippen LogP) is 4.77. The summed E-state index contributed by atoms with van der Waals surface area (Å²) in [7, 11) is 0. The molecule has 144 valence electrons. The van der Waals surface area contributed by atoms with Crippen molar-refractivity contribution in [2.45, 2.75) is 37.5 Å². The molecule has 1 atom stereocenters. The van der Waals surface area contributed by atoms with Crippen LogP contribution in [0.25, 0.3) is 0 Å². The lowest BCUT2D eigenvalue weighted by atomic mass is 10.2. The van der Waals surface area contributed by atoms with E-state index in [1.54, 1.807) is 17.0 Å². The molecular weight excluding hydrogens is 394 g/mol. The van der Waals surface area contributed by atoms with E-state index in [1.807, 2.05) is 43.3 Å². The van der Waals surface area contributed by atoms with Gasteiger partial charge in [0, 0.05) is 23.2 Å². The maximum atomic E-state index is 12.9. The van der Waals surface area contributed by atoms with Crippen LogP contribution in [-0.2, 0) is 9.59 Å². The molecular formula is C21H20ClN3O2S. The number of carbonyl (C=O) groups excluding carboxylic acids is 2. The van der Waals surface area contributed by atoms with Crippen LogP contribution in [0.2, 0.25) is 5.02 Å². The maximum absolute atomic E-state index is 12.9. The van der Waals surface area contributed by atoms with Crippen LogP contribution in [0, 0.1) is 6.92 Å². The Bertz CT molecular complexity index is 941. The zero-order valence-corrected chi connectivity index (χ0v) is 17.0. The number of nitrogens with one attached hydrogen (secondary N) is 1. The summed E-state index contributed by atoms with van der Waals surface area (Å²) in [5, 5.41) is 3.77. The number of amidine groups is 1. The summed E-state index contributed by atoms with van der Waals surface area (Å²) in [6.45, 7) is 1.94. The Labute approximate surface area is 173 Å². The molecule has 0 bridgehead atoms. The molecule has 1 heterocycles. The second kappa shape index (κ2) is 7.97. The van der Waals surface area contributed by atoms with Gasteiger partial charge in [-0.05, 0) is 55.7 Å². The molecule has 1 saturated heterocycles. The number of aryl methyl sites for hydroxylation is 1. The van der Waals surface area contributed by atoms with Gasteiger partial charge in [0.25, 0.3) is 0 Å². The van der Waals surface area contributed by atoms with Crippen LogP contribution in [0.1, 0.15) is 24.8 Å². The van der Waals surface area contributed by atoms with E-state index in [4.69, 9.17) is 11.6 Å². The minimum atomic E-state index is -0.448. The third-order valence-electron chi connectivity index (χ3n) is 4.72. The Morgan fingerprint density at radius 3 is 2.61 bits per heavy atom. The molecule has 0 aromatic heterocycles. The van der Waals surface area contributed by atoms with Crippen LogP contribution in [0.5, 0.6) is 0 Å². The molecule has 28 heavy (non-hydrogen) atoms. The quantitative estimate of drug-likeness (QED) is 0.767. The van der Waals surface area contributed by atoms with Gasteiger partial charge in [-0.25, -0.2) is 4.99 Å². The number of aliphatic imine (C=N–C) groups is 1. The number of amides is 2. The van der Waals surface area contributed by atoms with Gasteiger partial charge in [-0.2, -0.15) is 0 Å². The number of carbonyl (C=O) groups is 2. The van der Waals surface area contributed by atoms with Crippen LogP contribution in [-0.4, -0.2) is 33.2 Å². The maximum Gasteiger partial charge on any atom is 0.242 e. The molecule has 0 spiro atoms. The first-order chi connectivity index (χ1) is 13.5. The normalized spacial score (nSPS) is 20.6. The van der Waals surface area contributed by atoms with Gasteiger partial charge in [-0.1, -0.05) is 41.6 Å². The van der Waals surface area contributed by atoms with Gasteiger partial charge >= 0.3 is 0 Å². The number of thioether (sulfide) groups is 1. The molecule has 2 fully saturated rings. The van der Waals surface area contributed by atoms with E-state index in [9.17, 15) is 9.59 Å². The average Bonchev–Trinajstić information content (AvgIpc) is 3.45. The van der Waals surface area contributed by atoms with E-state index in [2.05, 4.69) is 10.3 Å². The Hall–Kier alpha value is -2.31. The lowest BCUT2D eigenvalue weighted by Gasteiger charge is -2.15. The van der Waals surface area contributed by atoms with E-state index >= 15 is 0 Å². The number of hydrogen-bond acceptors (Lipinski definition) is 4. The summed E-state index contributed by atoms with van der Waals surface area (Å²) in [5.74, 6) is -0.191. The number of rotatable bonds is 5. The van der Waals surface area contributed by atoms with E-state index in [1.165, 1.54) is 11.8 Å². The SMILES string of the molecule is Cc1ccccc1NC(=O)C[C@@H]1SC(=Nc2ccc(Cl)cc2)N(C2CC2)C1=O. The summed E-state index contributed by atoms with van der Waals surface area (Å²) in [4.78, 5) is 31.8. The fraction of sp³-hybridized carbons (Fsp3) is 0.286. The highest BCUT2D eigenvalue weighted by atomic mass is 35.5. The van der Waals surface area contributed by atoms with Crippen molar-refractivity contribution in [3.8, 4) is 0 Å². The van der Waals surface area contributed by atoms with Gasteiger partial charge in [0.2, 0.25) is 11.8 Å². The van der Waals surface area contributed by atoms with E-state index in [-0.39, 0.29) is 24.3 Å². The number of hydrogen-bond donors (Lipinski definition) is 1. The highest BCUT2D eigenvalue weighted by Gasteiger charge is 2.46. The van der Waals surface area contributed by atoms with Crippen molar-refractivity contribution in [1.29, 1.82) is 0 Å². The third kappa shape index (κ3) is 4.23. The second-order valence-electron chi connectivity index (χ2n) is 6.98. The summed E-state index contributed by atoms with van der Waals surface area (Å²) >= 11 is 7.31. The minimum Gasteiger partial charge on any atom is -0.326 e. The predicted molar refractivity (Wildman–Crippen MR) is 114 cm³/mol. The van der Waals surface area contributed by atoms with E-state index in [0.717, 1.165) is 29.8 Å². The molecule has 4 rings (SSSR count). The molecule has 5 nitrogen and oxygen atoms in total. The van der Waals surface area contributed by atoms with E-state index in [0.29, 0.717) is 10.2 Å². The van der Waals surface area contributed by atoms with Crippen molar-refractivity contribution in [3.63, 3.8) is 0 Å². The molecule has 1 saturated carbocycles.